The van der Waals surface area contributed by atoms with Crippen molar-refractivity contribution in [1.29, 1.82) is 0 Å². The first-order valence-corrected chi connectivity index (χ1v) is 12.2. The summed E-state index contributed by atoms with van der Waals surface area (Å²) in [6.45, 7) is 3.08. The van der Waals surface area contributed by atoms with E-state index in [4.69, 9.17) is 4.74 Å². The van der Waals surface area contributed by atoms with Crippen LogP contribution in [0.3, 0.4) is 0 Å². The van der Waals surface area contributed by atoms with Crippen molar-refractivity contribution in [2.75, 3.05) is 26.0 Å². The average molecular weight is 445 g/mol. The molecule has 1 aromatic carbocycles. The first-order chi connectivity index (χ1) is 13.5. The highest BCUT2D eigenvalue weighted by molar-refractivity contribution is 7.89. The van der Waals surface area contributed by atoms with E-state index >= 15 is 0 Å². The van der Waals surface area contributed by atoms with Gasteiger partial charge >= 0.3 is 5.97 Å². The van der Waals surface area contributed by atoms with E-state index in [1.807, 2.05) is 6.92 Å². The molecule has 160 valence electrons. The molecular formula is C18H24N2O7S2. The molecule has 0 saturated carbocycles. The monoisotopic (exact) mass is 444 g/mol. The summed E-state index contributed by atoms with van der Waals surface area (Å²) < 4.78 is 57.1. The molecule has 9 nitrogen and oxygen atoms in total. The van der Waals surface area contributed by atoms with E-state index < -0.39 is 38.1 Å². The van der Waals surface area contributed by atoms with Gasteiger partial charge in [-0.05, 0) is 31.2 Å². The molecule has 11 heteroatoms. The molecule has 0 aliphatic carbocycles. The van der Waals surface area contributed by atoms with Crippen molar-refractivity contribution in [2.24, 2.45) is 0 Å². The number of ether oxygens (including phenoxy) is 1. The number of nitrogens with zero attached hydrogens (tertiary/aromatic N) is 2. The minimum atomic E-state index is -4.16. The summed E-state index contributed by atoms with van der Waals surface area (Å²) in [5.74, 6) is 4.67. The number of rotatable bonds is 6. The zero-order valence-electron chi connectivity index (χ0n) is 16.4. The van der Waals surface area contributed by atoms with Crippen LogP contribution in [0.15, 0.2) is 29.2 Å². The van der Waals surface area contributed by atoms with Crippen LogP contribution in [0.2, 0.25) is 0 Å². The molecule has 1 saturated heterocycles. The molecule has 0 bridgehead atoms. The maximum Gasteiger partial charge on any atom is 0.323 e. The van der Waals surface area contributed by atoms with Crippen LogP contribution < -0.4 is 4.74 Å². The fourth-order valence-electron chi connectivity index (χ4n) is 3.14. The minimum absolute atomic E-state index is 0.101. The SMILES string of the molecule is CCC#CCOc1ccc(S(=O)(=O)N2CCN(S(C)(=O)=O)C(C)C2C(=O)O)cc1. The van der Waals surface area contributed by atoms with E-state index in [9.17, 15) is 26.7 Å². The van der Waals surface area contributed by atoms with E-state index in [1.165, 1.54) is 31.2 Å². The molecule has 1 aliphatic heterocycles. The summed E-state index contributed by atoms with van der Waals surface area (Å²) in [4.78, 5) is 11.7. The molecule has 2 rings (SSSR count). The fourth-order valence-corrected chi connectivity index (χ4v) is 5.91. The largest absolute Gasteiger partial charge is 0.481 e. The van der Waals surface area contributed by atoms with Crippen molar-refractivity contribution in [3.8, 4) is 17.6 Å². The Morgan fingerprint density at radius 2 is 1.72 bits per heavy atom. The van der Waals surface area contributed by atoms with Crippen LogP contribution in [-0.2, 0) is 24.8 Å². The number of carboxylic acids is 1. The predicted molar refractivity (Wildman–Crippen MR) is 106 cm³/mol. The summed E-state index contributed by atoms with van der Waals surface area (Å²) >= 11 is 0. The Morgan fingerprint density at radius 1 is 1.14 bits per heavy atom. The van der Waals surface area contributed by atoms with Crippen LogP contribution in [0.1, 0.15) is 20.3 Å². The van der Waals surface area contributed by atoms with Gasteiger partial charge in [-0.2, -0.15) is 8.61 Å². The molecular weight excluding hydrogens is 420 g/mol. The van der Waals surface area contributed by atoms with E-state index in [1.54, 1.807) is 0 Å². The summed E-state index contributed by atoms with van der Waals surface area (Å²) in [7, 11) is -7.83. The van der Waals surface area contributed by atoms with Gasteiger partial charge in [-0.15, -0.1) is 5.92 Å². The quantitative estimate of drug-likeness (QED) is 0.637. The van der Waals surface area contributed by atoms with Crippen LogP contribution >= 0.6 is 0 Å². The summed E-state index contributed by atoms with van der Waals surface area (Å²) in [5.41, 5.74) is 0. The van der Waals surface area contributed by atoms with Gasteiger partial charge < -0.3 is 9.84 Å². The van der Waals surface area contributed by atoms with Crippen molar-refractivity contribution in [2.45, 2.75) is 37.2 Å². The first-order valence-electron chi connectivity index (χ1n) is 8.90. The Hall–Kier alpha value is -2.13. The molecule has 1 aliphatic rings. The van der Waals surface area contributed by atoms with Gasteiger partial charge in [-0.25, -0.2) is 16.8 Å². The molecule has 0 spiro atoms. The summed E-state index contributed by atoms with van der Waals surface area (Å²) in [6, 6.07) is 2.99. The fraction of sp³-hybridized carbons (Fsp3) is 0.500. The van der Waals surface area contributed by atoms with Crippen LogP contribution in [0.5, 0.6) is 5.75 Å². The topological polar surface area (TPSA) is 121 Å². The molecule has 1 N–H and O–H groups in total. The molecule has 0 amide bonds. The van der Waals surface area contributed by atoms with E-state index in [0.717, 1.165) is 14.9 Å². The van der Waals surface area contributed by atoms with Gasteiger partial charge in [0.1, 0.15) is 18.4 Å². The molecule has 2 unspecified atom stereocenters. The van der Waals surface area contributed by atoms with E-state index in [-0.39, 0.29) is 24.6 Å². The lowest BCUT2D eigenvalue weighted by Crippen LogP contribution is -2.63. The number of piperazine rings is 1. The van der Waals surface area contributed by atoms with Crippen LogP contribution in [0.4, 0.5) is 0 Å². The Bertz CT molecular complexity index is 1010. The zero-order chi connectivity index (χ0) is 21.8. The number of benzene rings is 1. The standard InChI is InChI=1S/C18H24N2O7S2/c1-4-5-6-13-27-15-7-9-16(10-8-15)29(25,26)20-12-11-19(28(3,23)24)14(2)17(20)18(21)22/h7-10,14,17H,4,11-13H2,1-3H3,(H,21,22). The van der Waals surface area contributed by atoms with Crippen molar-refractivity contribution in [3.05, 3.63) is 24.3 Å². The van der Waals surface area contributed by atoms with E-state index in [0.29, 0.717) is 12.2 Å². The lowest BCUT2D eigenvalue weighted by Gasteiger charge is -2.42. The summed E-state index contributed by atoms with van der Waals surface area (Å²) in [5, 5.41) is 9.60. The third-order valence-electron chi connectivity index (χ3n) is 4.48. The van der Waals surface area contributed by atoms with Gasteiger partial charge in [0.05, 0.1) is 11.2 Å². The zero-order valence-corrected chi connectivity index (χ0v) is 18.0. The Morgan fingerprint density at radius 3 is 2.24 bits per heavy atom. The number of hydrogen-bond donors (Lipinski definition) is 1. The number of carboxylic acid groups (broad SMARTS) is 1. The second kappa shape index (κ2) is 9.13. The van der Waals surface area contributed by atoms with Gasteiger partial charge in [0.25, 0.3) is 0 Å². The van der Waals surface area contributed by atoms with Gasteiger partial charge in [-0.3, -0.25) is 4.79 Å². The number of aliphatic carboxylic acids is 1. The maximum absolute atomic E-state index is 13.0. The predicted octanol–water partition coefficient (Wildman–Crippen LogP) is 0.586. The number of carbonyl (C=O) groups is 1. The molecule has 1 fully saturated rings. The van der Waals surface area contributed by atoms with Crippen molar-refractivity contribution >= 4 is 26.0 Å². The second-order valence-corrected chi connectivity index (χ2v) is 10.3. The molecule has 0 radical (unpaired) electrons. The normalized spacial score (nSPS) is 21.2. The highest BCUT2D eigenvalue weighted by Gasteiger charge is 2.47. The lowest BCUT2D eigenvalue weighted by atomic mass is 10.1. The lowest BCUT2D eigenvalue weighted by molar-refractivity contribution is -0.144. The second-order valence-electron chi connectivity index (χ2n) is 6.48. The Balaban J connectivity index is 2.28. The Kier molecular flexibility index (Phi) is 7.29. The highest BCUT2D eigenvalue weighted by Crippen LogP contribution is 2.27. The van der Waals surface area contributed by atoms with Crippen LogP contribution in [0, 0.1) is 11.8 Å². The smallest absolute Gasteiger partial charge is 0.323 e. The van der Waals surface area contributed by atoms with Gasteiger partial charge in [0.2, 0.25) is 20.0 Å². The van der Waals surface area contributed by atoms with E-state index in [2.05, 4.69) is 11.8 Å². The van der Waals surface area contributed by atoms with Crippen molar-refractivity contribution in [3.63, 3.8) is 0 Å². The summed E-state index contributed by atoms with van der Waals surface area (Å²) in [6.07, 6.45) is 1.67. The minimum Gasteiger partial charge on any atom is -0.481 e. The number of sulfonamides is 2. The van der Waals surface area contributed by atoms with Crippen molar-refractivity contribution < 1.29 is 31.5 Å². The maximum atomic E-state index is 13.0. The van der Waals surface area contributed by atoms with Crippen molar-refractivity contribution in [1.82, 2.24) is 8.61 Å². The molecule has 2 atom stereocenters. The molecule has 1 aromatic rings. The third-order valence-corrected chi connectivity index (χ3v) is 7.75. The molecule has 29 heavy (non-hydrogen) atoms. The number of hydrogen-bond acceptors (Lipinski definition) is 6. The van der Waals surface area contributed by atoms with Gasteiger partial charge in [0.15, 0.2) is 0 Å². The van der Waals surface area contributed by atoms with Gasteiger partial charge in [-0.1, -0.05) is 12.8 Å². The van der Waals surface area contributed by atoms with Crippen LogP contribution in [0.25, 0.3) is 0 Å². The Labute approximate surface area is 171 Å². The molecule has 0 aromatic heterocycles. The van der Waals surface area contributed by atoms with Gasteiger partial charge in [0, 0.05) is 25.6 Å². The first kappa shape index (κ1) is 23.2. The average Bonchev–Trinajstić information content (AvgIpc) is 2.64. The highest BCUT2D eigenvalue weighted by atomic mass is 32.2. The third kappa shape index (κ3) is 5.27. The van der Waals surface area contributed by atoms with Crippen LogP contribution in [-0.4, -0.2) is 74.6 Å². The molecule has 1 heterocycles.